The second-order valence-corrected chi connectivity index (χ2v) is 6.97. The number of rotatable bonds is 4. The van der Waals surface area contributed by atoms with Gasteiger partial charge in [-0.3, -0.25) is 9.59 Å². The van der Waals surface area contributed by atoms with Crippen molar-refractivity contribution < 1.29 is 4.79 Å². The molecule has 0 spiro atoms. The summed E-state index contributed by atoms with van der Waals surface area (Å²) in [5, 5.41) is 1.79. The lowest BCUT2D eigenvalue weighted by atomic mass is 10.2. The fraction of sp³-hybridized carbons (Fsp3) is 0.190. The van der Waals surface area contributed by atoms with Crippen molar-refractivity contribution in [1.82, 2.24) is 19.4 Å². The van der Waals surface area contributed by atoms with E-state index in [4.69, 9.17) is 11.6 Å². The van der Waals surface area contributed by atoms with Gasteiger partial charge in [0.05, 0.1) is 22.5 Å². The molecule has 142 valence electrons. The molecule has 0 saturated carbocycles. The van der Waals surface area contributed by atoms with Gasteiger partial charge in [0.25, 0.3) is 11.5 Å². The average molecular weight is 395 g/mol. The Kier molecular flexibility index (Phi) is 4.65. The lowest BCUT2D eigenvalue weighted by Gasteiger charge is -2.21. The molecule has 0 aliphatic rings. The van der Waals surface area contributed by atoms with Crippen molar-refractivity contribution in [3.05, 3.63) is 75.4 Å². The van der Waals surface area contributed by atoms with E-state index in [-0.39, 0.29) is 18.0 Å². The van der Waals surface area contributed by atoms with Gasteiger partial charge in [-0.25, -0.2) is 4.98 Å². The van der Waals surface area contributed by atoms with Crippen molar-refractivity contribution in [2.24, 2.45) is 7.05 Å². The van der Waals surface area contributed by atoms with Crippen molar-refractivity contribution in [3.8, 4) is 0 Å². The summed E-state index contributed by atoms with van der Waals surface area (Å²) in [5.41, 5.74) is 1.70. The molecule has 0 atom stereocenters. The minimum absolute atomic E-state index is 0.188. The quantitative estimate of drug-likeness (QED) is 0.573. The monoisotopic (exact) mass is 394 g/mol. The standard InChI is InChI=1S/C21H19ClN4O2/c1-3-26(12-17-23-15-10-6-4-8-13(15)20(27)24-17)21(28)19-18(22)14-9-5-7-11-16(14)25(19)2/h4-11H,3,12H2,1-2H3,(H,23,24,27). The van der Waals surface area contributed by atoms with E-state index in [1.54, 1.807) is 27.7 Å². The Morgan fingerprint density at radius 3 is 2.54 bits per heavy atom. The molecule has 0 saturated heterocycles. The van der Waals surface area contributed by atoms with Crippen LogP contribution in [0.25, 0.3) is 21.8 Å². The highest BCUT2D eigenvalue weighted by Crippen LogP contribution is 2.30. The molecule has 2 aromatic heterocycles. The number of aryl methyl sites for hydroxylation is 1. The summed E-state index contributed by atoms with van der Waals surface area (Å²) in [6.07, 6.45) is 0. The average Bonchev–Trinajstić information content (AvgIpc) is 2.96. The number of nitrogens with zero attached hydrogens (tertiary/aromatic N) is 3. The maximum absolute atomic E-state index is 13.2. The van der Waals surface area contributed by atoms with Gasteiger partial charge in [-0.05, 0) is 25.1 Å². The lowest BCUT2D eigenvalue weighted by Crippen LogP contribution is -2.33. The molecule has 6 nitrogen and oxygen atoms in total. The highest BCUT2D eigenvalue weighted by Gasteiger charge is 2.24. The molecule has 4 aromatic rings. The molecule has 0 bridgehead atoms. The number of carbonyl (C=O) groups excluding carboxylic acids is 1. The minimum atomic E-state index is -0.216. The van der Waals surface area contributed by atoms with Gasteiger partial charge in [-0.15, -0.1) is 0 Å². The third-order valence-electron chi connectivity index (χ3n) is 4.92. The SMILES string of the molecule is CCN(Cc1nc2ccccc2c(=O)[nH]1)C(=O)c1c(Cl)c2ccccc2n1C. The molecule has 1 N–H and O–H groups in total. The van der Waals surface area contributed by atoms with Crippen molar-refractivity contribution in [2.75, 3.05) is 6.54 Å². The Bertz CT molecular complexity index is 1220. The largest absolute Gasteiger partial charge is 0.338 e. The molecule has 7 heteroatoms. The van der Waals surface area contributed by atoms with Crippen LogP contribution in [0.1, 0.15) is 23.2 Å². The number of hydrogen-bond acceptors (Lipinski definition) is 3. The number of H-pyrrole nitrogens is 1. The Balaban J connectivity index is 1.72. The molecule has 2 heterocycles. The summed E-state index contributed by atoms with van der Waals surface area (Å²) in [4.78, 5) is 34.4. The van der Waals surface area contributed by atoms with Gasteiger partial charge < -0.3 is 14.5 Å². The zero-order valence-corrected chi connectivity index (χ0v) is 16.3. The lowest BCUT2D eigenvalue weighted by molar-refractivity contribution is 0.0739. The van der Waals surface area contributed by atoms with Crippen LogP contribution in [-0.4, -0.2) is 31.9 Å². The fourth-order valence-corrected chi connectivity index (χ4v) is 3.82. The van der Waals surface area contributed by atoms with Crippen molar-refractivity contribution in [1.29, 1.82) is 0 Å². The normalized spacial score (nSPS) is 11.2. The molecule has 0 aliphatic heterocycles. The van der Waals surface area contributed by atoms with Crippen LogP contribution >= 0.6 is 11.6 Å². The van der Waals surface area contributed by atoms with Crippen molar-refractivity contribution in [2.45, 2.75) is 13.5 Å². The molecule has 2 aromatic carbocycles. The van der Waals surface area contributed by atoms with Gasteiger partial charge in [-0.1, -0.05) is 41.9 Å². The van der Waals surface area contributed by atoms with Gasteiger partial charge in [0.1, 0.15) is 11.5 Å². The third-order valence-corrected chi connectivity index (χ3v) is 5.30. The van der Waals surface area contributed by atoms with E-state index in [1.807, 2.05) is 44.3 Å². The smallest absolute Gasteiger partial charge is 0.272 e. The molecule has 0 fully saturated rings. The zero-order valence-electron chi connectivity index (χ0n) is 15.6. The molecular weight excluding hydrogens is 376 g/mol. The predicted molar refractivity (Wildman–Crippen MR) is 111 cm³/mol. The van der Waals surface area contributed by atoms with Crippen LogP contribution in [-0.2, 0) is 13.6 Å². The van der Waals surface area contributed by atoms with Crippen LogP contribution in [0.15, 0.2) is 53.3 Å². The van der Waals surface area contributed by atoms with Gasteiger partial charge in [0, 0.05) is 24.5 Å². The first-order valence-corrected chi connectivity index (χ1v) is 9.39. The summed E-state index contributed by atoms with van der Waals surface area (Å²) in [6, 6.07) is 14.8. The number of hydrogen-bond donors (Lipinski definition) is 1. The van der Waals surface area contributed by atoms with Crippen LogP contribution < -0.4 is 5.56 Å². The molecule has 0 unspecified atom stereocenters. The fourth-order valence-electron chi connectivity index (χ4n) is 3.45. The molecule has 1 amide bonds. The summed E-state index contributed by atoms with van der Waals surface area (Å²) >= 11 is 6.52. The second kappa shape index (κ2) is 7.13. The molecular formula is C21H19ClN4O2. The maximum atomic E-state index is 13.2. The molecule has 0 aliphatic carbocycles. The first-order chi connectivity index (χ1) is 13.5. The van der Waals surface area contributed by atoms with Gasteiger partial charge in [0.15, 0.2) is 0 Å². The van der Waals surface area contributed by atoms with Crippen LogP contribution in [0.5, 0.6) is 0 Å². The van der Waals surface area contributed by atoms with Crippen LogP contribution in [0.4, 0.5) is 0 Å². The number of carbonyl (C=O) groups is 1. The number of aromatic amines is 1. The molecule has 4 rings (SSSR count). The van der Waals surface area contributed by atoms with Crippen LogP contribution in [0.3, 0.4) is 0 Å². The number of halogens is 1. The van der Waals surface area contributed by atoms with E-state index in [2.05, 4.69) is 9.97 Å². The maximum Gasteiger partial charge on any atom is 0.272 e. The van der Waals surface area contributed by atoms with E-state index >= 15 is 0 Å². The second-order valence-electron chi connectivity index (χ2n) is 6.59. The number of aromatic nitrogens is 3. The summed E-state index contributed by atoms with van der Waals surface area (Å²) in [7, 11) is 1.82. The summed E-state index contributed by atoms with van der Waals surface area (Å²) in [6.45, 7) is 2.52. The number of benzene rings is 2. The minimum Gasteiger partial charge on any atom is -0.338 e. The highest BCUT2D eigenvalue weighted by atomic mass is 35.5. The van der Waals surface area contributed by atoms with Crippen molar-refractivity contribution in [3.63, 3.8) is 0 Å². The summed E-state index contributed by atoms with van der Waals surface area (Å²) < 4.78 is 1.80. The third kappa shape index (κ3) is 2.96. The number of nitrogens with one attached hydrogen (secondary N) is 1. The predicted octanol–water partition coefficient (Wildman–Crippen LogP) is 3.73. The Morgan fingerprint density at radius 1 is 1.14 bits per heavy atom. The summed E-state index contributed by atoms with van der Waals surface area (Å²) in [5.74, 6) is 0.232. The first kappa shape index (κ1) is 18.3. The van der Waals surface area contributed by atoms with Gasteiger partial charge in [-0.2, -0.15) is 0 Å². The molecule has 28 heavy (non-hydrogen) atoms. The number of para-hydroxylation sites is 2. The zero-order chi connectivity index (χ0) is 19.8. The Labute approximate surface area is 166 Å². The van der Waals surface area contributed by atoms with Crippen molar-refractivity contribution >= 4 is 39.3 Å². The van der Waals surface area contributed by atoms with E-state index in [0.717, 1.165) is 10.9 Å². The van der Waals surface area contributed by atoms with E-state index < -0.39 is 0 Å². The van der Waals surface area contributed by atoms with Gasteiger partial charge >= 0.3 is 0 Å². The highest BCUT2D eigenvalue weighted by molar-refractivity contribution is 6.38. The first-order valence-electron chi connectivity index (χ1n) is 9.01. The van der Waals surface area contributed by atoms with E-state index in [1.165, 1.54) is 0 Å². The number of amides is 1. The van der Waals surface area contributed by atoms with Crippen LogP contribution in [0, 0.1) is 0 Å². The molecule has 0 radical (unpaired) electrons. The van der Waals surface area contributed by atoms with E-state index in [0.29, 0.717) is 34.0 Å². The van der Waals surface area contributed by atoms with E-state index in [9.17, 15) is 9.59 Å². The Morgan fingerprint density at radius 2 is 1.82 bits per heavy atom. The van der Waals surface area contributed by atoms with Gasteiger partial charge in [0.2, 0.25) is 0 Å². The van der Waals surface area contributed by atoms with Crippen LogP contribution in [0.2, 0.25) is 5.02 Å². The topological polar surface area (TPSA) is 71.0 Å². The number of fused-ring (bicyclic) bond motifs is 2. The Hall–Kier alpha value is -3.12.